The van der Waals surface area contributed by atoms with Crippen molar-refractivity contribution in [3.63, 3.8) is 0 Å². The second-order valence-corrected chi connectivity index (χ2v) is 5.08. The predicted octanol–water partition coefficient (Wildman–Crippen LogP) is 1.81. The van der Waals surface area contributed by atoms with Crippen LogP contribution in [-0.2, 0) is 4.74 Å². The first-order valence-electron chi connectivity index (χ1n) is 4.58. The van der Waals surface area contributed by atoms with E-state index in [-0.39, 0.29) is 6.10 Å². The van der Waals surface area contributed by atoms with E-state index in [1.165, 1.54) is 11.3 Å². The van der Waals surface area contributed by atoms with E-state index in [1.54, 1.807) is 0 Å². The van der Waals surface area contributed by atoms with E-state index >= 15 is 0 Å². The molecule has 0 aromatic carbocycles. The van der Waals surface area contributed by atoms with Gasteiger partial charge < -0.3 is 9.64 Å². The number of aromatic amines is 1. The van der Waals surface area contributed by atoms with Gasteiger partial charge in [-0.1, -0.05) is 11.3 Å². The molecule has 0 saturated carbocycles. The van der Waals surface area contributed by atoms with Crippen molar-refractivity contribution in [1.29, 1.82) is 0 Å². The zero-order valence-electron chi connectivity index (χ0n) is 8.19. The fraction of sp³-hybridized carbons (Fsp3) is 0.750. The van der Waals surface area contributed by atoms with Gasteiger partial charge in [0.1, 0.15) is 0 Å². The van der Waals surface area contributed by atoms with Crippen LogP contribution in [0.25, 0.3) is 0 Å². The summed E-state index contributed by atoms with van der Waals surface area (Å²) in [6.45, 7) is 2.94. The third kappa shape index (κ3) is 1.82. The minimum Gasteiger partial charge on any atom is -0.376 e. The molecule has 1 fully saturated rings. The minimum absolute atomic E-state index is 0.275. The van der Waals surface area contributed by atoms with E-state index in [0.29, 0.717) is 6.04 Å². The molecule has 78 valence electrons. The molecule has 1 aromatic heterocycles. The van der Waals surface area contributed by atoms with Crippen molar-refractivity contribution in [1.82, 2.24) is 10.2 Å². The summed E-state index contributed by atoms with van der Waals surface area (Å²) in [5.74, 6) is 0. The van der Waals surface area contributed by atoms with Gasteiger partial charge in [-0.2, -0.15) is 0 Å². The molecule has 1 aliphatic heterocycles. The zero-order valence-corrected chi connectivity index (χ0v) is 9.82. The highest BCUT2D eigenvalue weighted by atomic mass is 32.1. The number of hydrogen-bond acceptors (Lipinski definition) is 5. The number of aromatic nitrogens is 2. The van der Waals surface area contributed by atoms with Crippen LogP contribution in [0.15, 0.2) is 0 Å². The molecule has 1 aliphatic rings. The molecule has 14 heavy (non-hydrogen) atoms. The van der Waals surface area contributed by atoms with E-state index in [9.17, 15) is 0 Å². The van der Waals surface area contributed by atoms with Crippen molar-refractivity contribution < 1.29 is 4.74 Å². The van der Waals surface area contributed by atoms with Crippen LogP contribution in [0.1, 0.15) is 13.3 Å². The van der Waals surface area contributed by atoms with Crippen LogP contribution in [0.2, 0.25) is 0 Å². The van der Waals surface area contributed by atoms with E-state index in [4.69, 9.17) is 17.0 Å². The van der Waals surface area contributed by atoms with Crippen LogP contribution in [0, 0.1) is 3.95 Å². The number of likely N-dealkylation sites (N-methyl/N-ethyl adjacent to an activating group) is 1. The lowest BCUT2D eigenvalue weighted by molar-refractivity contribution is 0.118. The summed E-state index contributed by atoms with van der Waals surface area (Å²) in [5.41, 5.74) is 0. The van der Waals surface area contributed by atoms with Gasteiger partial charge in [-0.15, -0.1) is 5.10 Å². The Hall–Kier alpha value is -0.460. The van der Waals surface area contributed by atoms with Crippen molar-refractivity contribution in [3.05, 3.63) is 3.95 Å². The Morgan fingerprint density at radius 2 is 2.50 bits per heavy atom. The maximum absolute atomic E-state index is 5.51. The number of H-pyrrole nitrogens is 1. The third-order valence-corrected chi connectivity index (χ3v) is 3.74. The first-order valence-corrected chi connectivity index (χ1v) is 5.81. The molecule has 0 spiro atoms. The topological polar surface area (TPSA) is 41.1 Å². The van der Waals surface area contributed by atoms with Crippen molar-refractivity contribution in [2.24, 2.45) is 0 Å². The largest absolute Gasteiger partial charge is 0.376 e. The Morgan fingerprint density at radius 1 is 1.71 bits per heavy atom. The van der Waals surface area contributed by atoms with Gasteiger partial charge in [0, 0.05) is 13.7 Å². The van der Waals surface area contributed by atoms with Gasteiger partial charge in [0.05, 0.1) is 12.1 Å². The van der Waals surface area contributed by atoms with Crippen LogP contribution >= 0.6 is 23.6 Å². The highest BCUT2D eigenvalue weighted by molar-refractivity contribution is 7.73. The molecule has 2 rings (SSSR count). The molecule has 4 nitrogen and oxygen atoms in total. The summed E-state index contributed by atoms with van der Waals surface area (Å²) in [6.07, 6.45) is 1.33. The lowest BCUT2D eigenvalue weighted by Crippen LogP contribution is -2.36. The quantitative estimate of drug-likeness (QED) is 0.788. The fourth-order valence-electron chi connectivity index (χ4n) is 1.74. The summed E-state index contributed by atoms with van der Waals surface area (Å²) >= 11 is 6.50. The number of rotatable bonds is 2. The molecule has 2 atom stereocenters. The standard InChI is InChI=1S/C8H13N3OS2/c1-5-6(3-4-12-5)11(2)7-9-10-8(13)14-7/h5-6H,3-4H2,1-2H3,(H,10,13). The van der Waals surface area contributed by atoms with Gasteiger partial charge in [-0.3, -0.25) is 5.10 Å². The van der Waals surface area contributed by atoms with Gasteiger partial charge in [0.2, 0.25) is 5.13 Å². The molecular formula is C8H13N3OS2. The van der Waals surface area contributed by atoms with Gasteiger partial charge >= 0.3 is 0 Å². The van der Waals surface area contributed by atoms with Crippen LogP contribution in [-0.4, -0.2) is 36.0 Å². The molecule has 1 saturated heterocycles. The Kier molecular flexibility index (Phi) is 2.85. The number of anilines is 1. The Bertz CT molecular complexity index is 361. The molecule has 1 aromatic rings. The number of nitrogens with zero attached hydrogens (tertiary/aromatic N) is 2. The summed E-state index contributed by atoms with van der Waals surface area (Å²) < 4.78 is 6.23. The van der Waals surface area contributed by atoms with E-state index < -0.39 is 0 Å². The average Bonchev–Trinajstić information content (AvgIpc) is 2.73. The number of nitrogens with one attached hydrogen (secondary N) is 1. The lowest BCUT2D eigenvalue weighted by atomic mass is 10.1. The molecule has 0 amide bonds. The van der Waals surface area contributed by atoms with Crippen molar-refractivity contribution in [2.75, 3.05) is 18.6 Å². The third-order valence-electron chi connectivity index (χ3n) is 2.56. The van der Waals surface area contributed by atoms with Gasteiger partial charge in [-0.25, -0.2) is 0 Å². The van der Waals surface area contributed by atoms with Crippen LogP contribution in [0.4, 0.5) is 5.13 Å². The normalized spacial score (nSPS) is 26.7. The molecule has 2 unspecified atom stereocenters. The molecule has 1 N–H and O–H groups in total. The van der Waals surface area contributed by atoms with Gasteiger partial charge in [0.25, 0.3) is 0 Å². The van der Waals surface area contributed by atoms with Gasteiger partial charge in [-0.05, 0) is 25.6 Å². The van der Waals surface area contributed by atoms with E-state index in [2.05, 4.69) is 22.0 Å². The van der Waals surface area contributed by atoms with Gasteiger partial charge in [0.15, 0.2) is 3.95 Å². The summed E-state index contributed by atoms with van der Waals surface area (Å²) in [6, 6.07) is 0.420. The Morgan fingerprint density at radius 3 is 3.00 bits per heavy atom. The SMILES string of the molecule is CC1OCCC1N(C)c1n[nH]c(=S)s1. The maximum Gasteiger partial charge on any atom is 0.206 e. The Balaban J connectivity index is 2.15. The molecule has 0 aliphatic carbocycles. The Labute approximate surface area is 91.9 Å². The number of hydrogen-bond donors (Lipinski definition) is 1. The maximum atomic E-state index is 5.51. The van der Waals surface area contributed by atoms with Crippen molar-refractivity contribution in [2.45, 2.75) is 25.5 Å². The highest BCUT2D eigenvalue weighted by Gasteiger charge is 2.29. The van der Waals surface area contributed by atoms with Crippen LogP contribution in [0.3, 0.4) is 0 Å². The predicted molar refractivity (Wildman–Crippen MR) is 59.5 cm³/mol. The average molecular weight is 231 g/mol. The zero-order chi connectivity index (χ0) is 10.1. The van der Waals surface area contributed by atoms with E-state index in [1.807, 2.05) is 7.05 Å². The summed E-state index contributed by atoms with van der Waals surface area (Å²) in [4.78, 5) is 2.15. The smallest absolute Gasteiger partial charge is 0.206 e. The number of ether oxygens (including phenoxy) is 1. The second-order valence-electron chi connectivity index (χ2n) is 3.44. The van der Waals surface area contributed by atoms with Crippen molar-refractivity contribution in [3.8, 4) is 0 Å². The molecular weight excluding hydrogens is 218 g/mol. The lowest BCUT2D eigenvalue weighted by Gasteiger charge is -2.25. The van der Waals surface area contributed by atoms with Crippen LogP contribution < -0.4 is 4.90 Å². The molecule has 0 radical (unpaired) electrons. The summed E-state index contributed by atoms with van der Waals surface area (Å²) in [7, 11) is 2.04. The first-order chi connectivity index (χ1) is 6.68. The second kappa shape index (κ2) is 3.96. The fourth-order valence-corrected chi connectivity index (χ4v) is 2.64. The van der Waals surface area contributed by atoms with Crippen molar-refractivity contribution >= 4 is 28.7 Å². The minimum atomic E-state index is 0.275. The van der Waals surface area contributed by atoms with Crippen LogP contribution in [0.5, 0.6) is 0 Å². The molecule has 0 bridgehead atoms. The highest BCUT2D eigenvalue weighted by Crippen LogP contribution is 2.25. The van der Waals surface area contributed by atoms with E-state index in [0.717, 1.165) is 22.1 Å². The molecule has 6 heteroatoms. The summed E-state index contributed by atoms with van der Waals surface area (Å²) in [5, 5.41) is 7.89. The molecule has 2 heterocycles. The monoisotopic (exact) mass is 231 g/mol. The first kappa shape index (κ1) is 10.1.